The minimum atomic E-state index is -0.318. The summed E-state index contributed by atoms with van der Waals surface area (Å²) in [6, 6.07) is 11.5. The lowest BCUT2D eigenvalue weighted by Gasteiger charge is -2.17. The van der Waals surface area contributed by atoms with Gasteiger partial charge in [-0.15, -0.1) is 16.8 Å². The van der Waals surface area contributed by atoms with Crippen LogP contribution in [0.2, 0.25) is 5.02 Å². The summed E-state index contributed by atoms with van der Waals surface area (Å²) in [7, 11) is 0. The SMILES string of the molecule is C=CCn1c(SCC(=O)Nc2cccc(Cl)c2C)nnc1C(C)Oc1ccc(C)cc1C. The highest BCUT2D eigenvalue weighted by molar-refractivity contribution is 7.99. The predicted octanol–water partition coefficient (Wildman–Crippen LogP) is 5.91. The maximum atomic E-state index is 12.5. The highest BCUT2D eigenvalue weighted by atomic mass is 35.5. The third-order valence-electron chi connectivity index (χ3n) is 4.93. The monoisotopic (exact) mass is 470 g/mol. The van der Waals surface area contributed by atoms with E-state index in [1.165, 1.54) is 17.3 Å². The lowest BCUT2D eigenvalue weighted by molar-refractivity contribution is -0.113. The normalized spacial score (nSPS) is 11.8. The first-order chi connectivity index (χ1) is 15.3. The molecule has 2 aromatic carbocycles. The van der Waals surface area contributed by atoms with E-state index >= 15 is 0 Å². The number of hydrogen-bond acceptors (Lipinski definition) is 5. The third kappa shape index (κ3) is 5.72. The Bertz CT molecular complexity index is 1130. The van der Waals surface area contributed by atoms with Gasteiger partial charge in [-0.1, -0.05) is 53.2 Å². The maximum absolute atomic E-state index is 12.5. The number of nitrogens with zero attached hydrogens (tertiary/aromatic N) is 3. The van der Waals surface area contributed by atoms with Gasteiger partial charge in [0.2, 0.25) is 5.91 Å². The summed E-state index contributed by atoms with van der Waals surface area (Å²) in [6.07, 6.45) is 1.46. The second-order valence-corrected chi connectivity index (χ2v) is 8.87. The Balaban J connectivity index is 1.70. The van der Waals surface area contributed by atoms with Gasteiger partial charge in [0.25, 0.3) is 0 Å². The van der Waals surface area contributed by atoms with E-state index in [0.29, 0.717) is 28.2 Å². The maximum Gasteiger partial charge on any atom is 0.234 e. The number of halogens is 1. The van der Waals surface area contributed by atoms with Crippen LogP contribution >= 0.6 is 23.4 Å². The summed E-state index contributed by atoms with van der Waals surface area (Å²) in [5.41, 5.74) is 3.78. The Kier molecular flexibility index (Phi) is 7.99. The number of anilines is 1. The molecule has 1 aromatic heterocycles. The number of amides is 1. The van der Waals surface area contributed by atoms with Crippen molar-refractivity contribution in [1.82, 2.24) is 14.8 Å². The molecule has 168 valence electrons. The Morgan fingerprint density at radius 3 is 2.78 bits per heavy atom. The number of ether oxygens (including phenoxy) is 1. The fourth-order valence-electron chi connectivity index (χ4n) is 3.24. The van der Waals surface area contributed by atoms with Gasteiger partial charge in [0.05, 0.1) is 5.75 Å². The number of carbonyl (C=O) groups is 1. The number of thioether (sulfide) groups is 1. The summed E-state index contributed by atoms with van der Waals surface area (Å²) in [5, 5.41) is 12.8. The quantitative estimate of drug-likeness (QED) is 0.311. The minimum absolute atomic E-state index is 0.144. The summed E-state index contributed by atoms with van der Waals surface area (Å²) in [4.78, 5) is 12.5. The van der Waals surface area contributed by atoms with Gasteiger partial charge < -0.3 is 10.1 Å². The molecule has 0 aliphatic rings. The van der Waals surface area contributed by atoms with Crippen LogP contribution in [0.1, 0.15) is 35.5 Å². The number of benzene rings is 2. The highest BCUT2D eigenvalue weighted by Gasteiger charge is 2.20. The van der Waals surface area contributed by atoms with E-state index in [2.05, 4.69) is 28.2 Å². The van der Waals surface area contributed by atoms with Gasteiger partial charge >= 0.3 is 0 Å². The first-order valence-electron chi connectivity index (χ1n) is 10.3. The van der Waals surface area contributed by atoms with Crippen molar-refractivity contribution in [3.63, 3.8) is 0 Å². The predicted molar refractivity (Wildman–Crippen MR) is 131 cm³/mol. The molecule has 1 unspecified atom stereocenters. The number of aromatic nitrogens is 3. The molecule has 0 saturated carbocycles. The second kappa shape index (κ2) is 10.7. The van der Waals surface area contributed by atoms with E-state index in [1.807, 2.05) is 56.5 Å². The van der Waals surface area contributed by atoms with Crippen molar-refractivity contribution in [3.8, 4) is 5.75 Å². The van der Waals surface area contributed by atoms with Crippen LogP contribution in [0.4, 0.5) is 5.69 Å². The van der Waals surface area contributed by atoms with Crippen molar-refractivity contribution >= 4 is 35.0 Å². The molecule has 8 heteroatoms. The van der Waals surface area contributed by atoms with Gasteiger partial charge in [-0.25, -0.2) is 0 Å². The van der Waals surface area contributed by atoms with E-state index in [9.17, 15) is 4.79 Å². The van der Waals surface area contributed by atoms with Gasteiger partial charge in [-0.05, 0) is 57.0 Å². The van der Waals surface area contributed by atoms with Crippen LogP contribution in [0.5, 0.6) is 5.75 Å². The molecule has 0 bridgehead atoms. The fraction of sp³-hybridized carbons (Fsp3) is 0.292. The van der Waals surface area contributed by atoms with E-state index in [1.54, 1.807) is 12.1 Å². The van der Waals surface area contributed by atoms with E-state index in [0.717, 1.165) is 16.9 Å². The topological polar surface area (TPSA) is 69.0 Å². The third-order valence-corrected chi connectivity index (χ3v) is 6.31. The Morgan fingerprint density at radius 1 is 1.28 bits per heavy atom. The molecule has 1 N–H and O–H groups in total. The first-order valence-corrected chi connectivity index (χ1v) is 11.6. The van der Waals surface area contributed by atoms with Gasteiger partial charge in [0.15, 0.2) is 17.1 Å². The summed E-state index contributed by atoms with van der Waals surface area (Å²) >= 11 is 7.45. The van der Waals surface area contributed by atoms with Gasteiger partial charge in [-0.2, -0.15) is 0 Å². The highest BCUT2D eigenvalue weighted by Crippen LogP contribution is 2.28. The smallest absolute Gasteiger partial charge is 0.234 e. The summed E-state index contributed by atoms with van der Waals surface area (Å²) < 4.78 is 8.08. The standard InChI is InChI=1S/C24H27ClN4O2S/c1-6-12-29-23(18(5)31-21-11-10-15(2)13-16(21)3)27-28-24(29)32-14-22(30)26-20-9-7-8-19(25)17(20)4/h6-11,13,18H,1,12,14H2,2-5H3,(H,26,30). The van der Waals surface area contributed by atoms with E-state index in [4.69, 9.17) is 16.3 Å². The summed E-state index contributed by atoms with van der Waals surface area (Å²) in [5.74, 6) is 1.53. The molecular formula is C24H27ClN4O2S. The summed E-state index contributed by atoms with van der Waals surface area (Å²) in [6.45, 7) is 12.2. The molecule has 0 aliphatic heterocycles. The van der Waals surface area contributed by atoms with Crippen LogP contribution < -0.4 is 10.1 Å². The van der Waals surface area contributed by atoms with Crippen molar-refractivity contribution in [3.05, 3.63) is 76.6 Å². The average Bonchev–Trinajstić information content (AvgIpc) is 3.15. The molecule has 0 radical (unpaired) electrons. The van der Waals surface area contributed by atoms with Crippen molar-refractivity contribution < 1.29 is 9.53 Å². The Morgan fingerprint density at radius 2 is 2.06 bits per heavy atom. The van der Waals surface area contributed by atoms with Gasteiger partial charge in [0.1, 0.15) is 5.75 Å². The van der Waals surface area contributed by atoms with Crippen LogP contribution in [0.15, 0.2) is 54.2 Å². The molecule has 32 heavy (non-hydrogen) atoms. The number of allylic oxidation sites excluding steroid dienone is 1. The van der Waals surface area contributed by atoms with Crippen molar-refractivity contribution in [2.75, 3.05) is 11.1 Å². The molecule has 0 saturated heterocycles. The molecule has 0 fully saturated rings. The van der Waals surface area contributed by atoms with Crippen LogP contribution in [-0.4, -0.2) is 26.4 Å². The zero-order valence-corrected chi connectivity index (χ0v) is 20.3. The number of hydrogen-bond donors (Lipinski definition) is 1. The molecule has 1 amide bonds. The first kappa shape index (κ1) is 23.9. The molecule has 3 aromatic rings. The molecule has 3 rings (SSSR count). The van der Waals surface area contributed by atoms with Crippen LogP contribution in [0.25, 0.3) is 0 Å². The van der Waals surface area contributed by atoms with Crippen molar-refractivity contribution in [2.45, 2.75) is 45.5 Å². The molecule has 6 nitrogen and oxygen atoms in total. The van der Waals surface area contributed by atoms with E-state index in [-0.39, 0.29) is 17.8 Å². The van der Waals surface area contributed by atoms with Gasteiger partial charge in [-0.3, -0.25) is 9.36 Å². The van der Waals surface area contributed by atoms with Crippen molar-refractivity contribution in [1.29, 1.82) is 0 Å². The number of carbonyl (C=O) groups excluding carboxylic acids is 1. The molecule has 0 spiro atoms. The number of nitrogens with one attached hydrogen (secondary N) is 1. The molecule has 1 atom stereocenters. The fourth-order valence-corrected chi connectivity index (χ4v) is 4.17. The van der Waals surface area contributed by atoms with Gasteiger partial charge in [0, 0.05) is 17.3 Å². The minimum Gasteiger partial charge on any atom is -0.482 e. The lowest BCUT2D eigenvalue weighted by Crippen LogP contribution is -2.16. The number of rotatable bonds is 9. The van der Waals surface area contributed by atoms with E-state index < -0.39 is 0 Å². The van der Waals surface area contributed by atoms with Crippen LogP contribution in [-0.2, 0) is 11.3 Å². The largest absolute Gasteiger partial charge is 0.482 e. The van der Waals surface area contributed by atoms with Crippen LogP contribution in [0.3, 0.4) is 0 Å². The Labute approximate surface area is 198 Å². The molecular weight excluding hydrogens is 444 g/mol. The number of aryl methyl sites for hydroxylation is 2. The zero-order valence-electron chi connectivity index (χ0n) is 18.7. The van der Waals surface area contributed by atoms with Crippen LogP contribution in [0, 0.1) is 20.8 Å². The average molecular weight is 471 g/mol. The second-order valence-electron chi connectivity index (χ2n) is 7.52. The molecule has 0 aliphatic carbocycles. The lowest BCUT2D eigenvalue weighted by atomic mass is 10.1. The Hall–Kier alpha value is -2.77. The zero-order chi connectivity index (χ0) is 23.3. The molecule has 1 heterocycles. The van der Waals surface area contributed by atoms with Crippen molar-refractivity contribution in [2.24, 2.45) is 0 Å².